The molecule has 0 bridgehead atoms. The molecule has 1 aliphatic carbocycles. The third-order valence-corrected chi connectivity index (χ3v) is 6.11. The summed E-state index contributed by atoms with van der Waals surface area (Å²) in [5.41, 5.74) is 1.82. The highest BCUT2D eigenvalue weighted by atomic mass is 32.2. The van der Waals surface area contributed by atoms with E-state index in [1.165, 1.54) is 24.5 Å². The van der Waals surface area contributed by atoms with Crippen molar-refractivity contribution in [1.29, 1.82) is 0 Å². The predicted molar refractivity (Wildman–Crippen MR) is 100.0 cm³/mol. The molecule has 27 heavy (non-hydrogen) atoms. The van der Waals surface area contributed by atoms with Crippen molar-refractivity contribution in [2.24, 2.45) is 5.92 Å². The summed E-state index contributed by atoms with van der Waals surface area (Å²) in [5.74, 6) is -0.0945. The summed E-state index contributed by atoms with van der Waals surface area (Å²) < 4.78 is 43.3. The van der Waals surface area contributed by atoms with Crippen LogP contribution in [0.1, 0.15) is 30.0 Å². The zero-order valence-electron chi connectivity index (χ0n) is 14.6. The van der Waals surface area contributed by atoms with E-state index in [1.807, 2.05) is 30.3 Å². The van der Waals surface area contributed by atoms with Gasteiger partial charge in [0, 0.05) is 12.2 Å². The molecule has 0 aliphatic heterocycles. The first kappa shape index (κ1) is 17.9. The van der Waals surface area contributed by atoms with Gasteiger partial charge in [0.05, 0.1) is 12.7 Å². The lowest BCUT2D eigenvalue weighted by Crippen LogP contribution is -2.29. The molecule has 7 heteroatoms. The minimum atomic E-state index is -3.72. The molecule has 2 aromatic carbocycles. The maximum absolute atomic E-state index is 13.2. The quantitative estimate of drug-likeness (QED) is 0.677. The highest BCUT2D eigenvalue weighted by Crippen LogP contribution is 2.41. The third-order valence-electron chi connectivity index (χ3n) is 4.71. The van der Waals surface area contributed by atoms with Crippen molar-refractivity contribution in [3.05, 3.63) is 83.9 Å². The Morgan fingerprint density at radius 2 is 1.81 bits per heavy atom. The number of nitrogens with zero attached hydrogens (tertiary/aromatic N) is 2. The van der Waals surface area contributed by atoms with Crippen molar-refractivity contribution in [2.45, 2.75) is 30.3 Å². The van der Waals surface area contributed by atoms with E-state index in [0.717, 1.165) is 24.0 Å². The van der Waals surface area contributed by atoms with Crippen molar-refractivity contribution in [1.82, 2.24) is 14.5 Å². The molecular formula is C20H20FN3O2S. The number of sulfonamides is 1. The van der Waals surface area contributed by atoms with Gasteiger partial charge in [0.15, 0.2) is 0 Å². The first-order valence-corrected chi connectivity index (χ1v) is 10.3. The van der Waals surface area contributed by atoms with E-state index in [9.17, 15) is 12.8 Å². The number of rotatable bonds is 7. The number of halogens is 1. The van der Waals surface area contributed by atoms with E-state index in [4.69, 9.17) is 0 Å². The van der Waals surface area contributed by atoms with Gasteiger partial charge in [0.25, 0.3) is 0 Å². The van der Waals surface area contributed by atoms with Crippen LogP contribution in [0.15, 0.2) is 71.9 Å². The van der Waals surface area contributed by atoms with Crippen molar-refractivity contribution < 1.29 is 12.8 Å². The fourth-order valence-corrected chi connectivity index (χ4v) is 4.36. The molecule has 0 amide bonds. The Morgan fingerprint density at radius 3 is 2.48 bits per heavy atom. The van der Waals surface area contributed by atoms with E-state index in [0.29, 0.717) is 6.54 Å². The van der Waals surface area contributed by atoms with Crippen molar-refractivity contribution in [3.8, 4) is 0 Å². The molecule has 1 heterocycles. The van der Waals surface area contributed by atoms with Crippen LogP contribution in [0.2, 0.25) is 0 Å². The Labute approximate surface area is 157 Å². The van der Waals surface area contributed by atoms with Crippen molar-refractivity contribution in [2.75, 3.05) is 0 Å². The zero-order valence-corrected chi connectivity index (χ0v) is 15.4. The molecule has 4 rings (SSSR count). The van der Waals surface area contributed by atoms with E-state index in [2.05, 4.69) is 9.82 Å². The largest absolute Gasteiger partial charge is 0.267 e. The van der Waals surface area contributed by atoms with Gasteiger partial charge < -0.3 is 0 Å². The van der Waals surface area contributed by atoms with Crippen LogP contribution in [-0.2, 0) is 16.6 Å². The van der Waals surface area contributed by atoms with E-state index in [1.54, 1.807) is 16.8 Å². The van der Waals surface area contributed by atoms with Gasteiger partial charge >= 0.3 is 0 Å². The maximum Gasteiger partial charge on any atom is 0.244 e. The van der Waals surface area contributed by atoms with Gasteiger partial charge in [0.1, 0.15) is 10.7 Å². The topological polar surface area (TPSA) is 64.0 Å². The van der Waals surface area contributed by atoms with Crippen LogP contribution in [-0.4, -0.2) is 18.2 Å². The number of benzene rings is 2. The summed E-state index contributed by atoms with van der Waals surface area (Å²) in [4.78, 5) is 0.131. The second-order valence-corrected chi connectivity index (χ2v) is 8.56. The fraction of sp³-hybridized carbons (Fsp3) is 0.250. The molecule has 1 aromatic heterocycles. The maximum atomic E-state index is 13.2. The summed E-state index contributed by atoms with van der Waals surface area (Å²) in [6.07, 6.45) is 4.81. The number of aromatic nitrogens is 2. The minimum Gasteiger partial charge on any atom is -0.267 e. The van der Waals surface area contributed by atoms with Gasteiger partial charge in [-0.15, -0.1) is 0 Å². The molecule has 0 radical (unpaired) electrons. The molecule has 5 nitrogen and oxygen atoms in total. The van der Waals surface area contributed by atoms with Gasteiger partial charge in [-0.05, 0) is 42.0 Å². The fourth-order valence-electron chi connectivity index (χ4n) is 3.11. The number of hydrogen-bond donors (Lipinski definition) is 1. The van der Waals surface area contributed by atoms with Crippen LogP contribution < -0.4 is 4.72 Å². The molecule has 140 valence electrons. The average molecular weight is 385 g/mol. The first-order valence-electron chi connectivity index (χ1n) is 8.85. The molecule has 3 aromatic rings. The standard InChI is InChI=1S/C20H20FN3O2S/c21-18-10-8-17(9-11-18)20(16-6-7-16)23-27(25,26)19-12-22-24(14-19)13-15-4-2-1-3-5-15/h1-5,8-12,14,16,20,23H,6-7,13H2. The lowest BCUT2D eigenvalue weighted by Gasteiger charge is -2.18. The number of nitrogens with one attached hydrogen (secondary N) is 1. The summed E-state index contributed by atoms with van der Waals surface area (Å²) in [6, 6.07) is 15.4. The smallest absolute Gasteiger partial charge is 0.244 e. The predicted octanol–water partition coefficient (Wildman–Crippen LogP) is 3.50. The molecule has 0 saturated heterocycles. The van der Waals surface area contributed by atoms with Gasteiger partial charge in [-0.1, -0.05) is 42.5 Å². The Balaban J connectivity index is 1.53. The Kier molecular flexibility index (Phi) is 4.80. The number of hydrogen-bond acceptors (Lipinski definition) is 3. The lowest BCUT2D eigenvalue weighted by molar-refractivity contribution is 0.528. The third kappa shape index (κ3) is 4.26. The lowest BCUT2D eigenvalue weighted by atomic mass is 10.0. The van der Waals surface area contributed by atoms with Crippen LogP contribution in [0.25, 0.3) is 0 Å². The van der Waals surface area contributed by atoms with Crippen LogP contribution >= 0.6 is 0 Å². The van der Waals surface area contributed by atoms with Gasteiger partial charge in [0.2, 0.25) is 10.0 Å². The molecule has 1 fully saturated rings. The minimum absolute atomic E-state index is 0.131. The van der Waals surface area contributed by atoms with Crippen LogP contribution in [0.5, 0.6) is 0 Å². The van der Waals surface area contributed by atoms with Crippen molar-refractivity contribution >= 4 is 10.0 Å². The van der Waals surface area contributed by atoms with Gasteiger partial charge in [-0.2, -0.15) is 5.10 Å². The second-order valence-electron chi connectivity index (χ2n) is 6.85. The van der Waals surface area contributed by atoms with E-state index >= 15 is 0 Å². The first-order chi connectivity index (χ1) is 13.0. The highest BCUT2D eigenvalue weighted by Gasteiger charge is 2.35. The average Bonchev–Trinajstić information content (AvgIpc) is 3.40. The van der Waals surface area contributed by atoms with Gasteiger partial charge in [-0.3, -0.25) is 4.68 Å². The highest BCUT2D eigenvalue weighted by molar-refractivity contribution is 7.89. The monoisotopic (exact) mass is 385 g/mol. The summed E-state index contributed by atoms with van der Waals surface area (Å²) in [5, 5.41) is 4.18. The summed E-state index contributed by atoms with van der Waals surface area (Å²) >= 11 is 0. The van der Waals surface area contributed by atoms with Gasteiger partial charge in [-0.25, -0.2) is 17.5 Å². The zero-order chi connectivity index (χ0) is 18.9. The van der Waals surface area contributed by atoms with Crippen LogP contribution in [0, 0.1) is 11.7 Å². The van der Waals surface area contributed by atoms with E-state index < -0.39 is 10.0 Å². The Hall–Kier alpha value is -2.51. The van der Waals surface area contributed by atoms with Crippen LogP contribution in [0.4, 0.5) is 4.39 Å². The molecule has 0 spiro atoms. The van der Waals surface area contributed by atoms with Crippen LogP contribution in [0.3, 0.4) is 0 Å². The SMILES string of the molecule is O=S(=O)(NC(c1ccc(F)cc1)C1CC1)c1cnn(Cc2ccccc2)c1. The molecule has 1 unspecified atom stereocenters. The molecule has 1 aliphatic rings. The molecule has 1 N–H and O–H groups in total. The van der Waals surface area contributed by atoms with E-state index in [-0.39, 0.29) is 22.7 Å². The Morgan fingerprint density at radius 1 is 1.11 bits per heavy atom. The Bertz CT molecular complexity index is 1010. The molecular weight excluding hydrogens is 365 g/mol. The second kappa shape index (κ2) is 7.25. The molecule has 1 saturated carbocycles. The summed E-state index contributed by atoms with van der Waals surface area (Å²) in [6.45, 7) is 0.500. The normalized spacial score (nSPS) is 15.6. The molecule has 1 atom stereocenters. The van der Waals surface area contributed by atoms with Crippen molar-refractivity contribution in [3.63, 3.8) is 0 Å². The summed E-state index contributed by atoms with van der Waals surface area (Å²) in [7, 11) is -3.72.